The van der Waals surface area contributed by atoms with Gasteiger partial charge < -0.3 is 30.5 Å². The number of ether oxygens (including phenoxy) is 1. The minimum Gasteiger partial charge on any atom is -0.496 e. The fourth-order valence-corrected chi connectivity index (χ4v) is 9.16. The predicted octanol–water partition coefficient (Wildman–Crippen LogP) is 4.87. The molecule has 4 aliphatic rings. The third kappa shape index (κ3) is 8.28. The number of benzene rings is 2. The van der Waals surface area contributed by atoms with E-state index < -0.39 is 30.0 Å². The molecule has 9 atom stereocenters. The summed E-state index contributed by atoms with van der Waals surface area (Å²) in [6, 6.07) is 8.76. The lowest BCUT2D eigenvalue weighted by Gasteiger charge is -2.62. The molecule has 2 aromatic carbocycles. The summed E-state index contributed by atoms with van der Waals surface area (Å²) in [4.78, 5) is 35.8. The Morgan fingerprint density at radius 1 is 1.16 bits per heavy atom. The molecule has 0 aromatic heterocycles. The Morgan fingerprint density at radius 3 is 2.47 bits per heavy atom. The van der Waals surface area contributed by atoms with E-state index in [-0.39, 0.29) is 48.0 Å². The van der Waals surface area contributed by atoms with Gasteiger partial charge in [0.25, 0.3) is 5.91 Å². The number of amides is 2. The first-order valence-electron chi connectivity index (χ1n) is 18.5. The van der Waals surface area contributed by atoms with Gasteiger partial charge in [-0.05, 0) is 93.1 Å². The molecule has 1 saturated heterocycles. The van der Waals surface area contributed by atoms with Crippen LogP contribution in [0.5, 0.6) is 5.75 Å². The zero-order chi connectivity index (χ0) is 37.4. The third-order valence-corrected chi connectivity index (χ3v) is 11.8. The van der Waals surface area contributed by atoms with E-state index in [0.717, 1.165) is 12.8 Å². The second-order valence-corrected chi connectivity index (χ2v) is 16.5. The summed E-state index contributed by atoms with van der Waals surface area (Å²) >= 11 is 0. The van der Waals surface area contributed by atoms with Crippen LogP contribution in [0.15, 0.2) is 36.4 Å². The number of halogens is 1. The van der Waals surface area contributed by atoms with Crippen molar-refractivity contribution >= 4 is 11.8 Å². The summed E-state index contributed by atoms with van der Waals surface area (Å²) in [5, 5.41) is 29.1. The van der Waals surface area contributed by atoms with E-state index in [1.165, 1.54) is 30.7 Å². The molecule has 1 heterocycles. The molecule has 0 unspecified atom stereocenters. The van der Waals surface area contributed by atoms with Crippen LogP contribution in [0.4, 0.5) is 4.39 Å². The molecule has 2 bridgehead atoms. The van der Waals surface area contributed by atoms with Crippen LogP contribution in [0, 0.1) is 40.8 Å². The van der Waals surface area contributed by atoms with Crippen LogP contribution in [0.2, 0.25) is 0 Å². The SMILES string of the molecule is COc1c(CN2O[C@@H](CO)[C@@H]([C@H](C)O)[C@H]2C(=O)N[C@H]2C[C@H]3C[C@@H]([C@@H]2C)C3(C)C)cccc1-c1cc(F)cc(C(=O)N[C@@H](CC(C)C)CN(C)C)c1. The Labute approximate surface area is 303 Å². The molecular formula is C40H59FN4O6. The van der Waals surface area contributed by atoms with Crippen LogP contribution in [-0.2, 0) is 16.2 Å². The normalized spacial score (nSPS) is 28.3. The Kier molecular flexibility index (Phi) is 12.2. The maximum Gasteiger partial charge on any atom is 0.251 e. The van der Waals surface area contributed by atoms with Gasteiger partial charge in [0.1, 0.15) is 23.7 Å². The van der Waals surface area contributed by atoms with Crippen LogP contribution >= 0.6 is 0 Å². The van der Waals surface area contributed by atoms with Crippen LogP contribution in [0.25, 0.3) is 11.1 Å². The summed E-state index contributed by atoms with van der Waals surface area (Å²) in [5.41, 5.74) is 2.16. The number of methoxy groups -OCH3 is 1. The van der Waals surface area contributed by atoms with Crippen LogP contribution in [-0.4, -0.2) is 96.7 Å². The third-order valence-electron chi connectivity index (χ3n) is 11.8. The minimum absolute atomic E-state index is 0.0136. The Morgan fingerprint density at radius 2 is 1.88 bits per heavy atom. The molecule has 3 saturated carbocycles. The number of fused-ring (bicyclic) bond motifs is 2. The number of nitrogens with zero attached hydrogens (tertiary/aromatic N) is 2. The number of hydroxylamine groups is 2. The highest BCUT2D eigenvalue weighted by Gasteiger charge is 2.57. The predicted molar refractivity (Wildman–Crippen MR) is 195 cm³/mol. The highest BCUT2D eigenvalue weighted by molar-refractivity contribution is 5.96. The van der Waals surface area contributed by atoms with E-state index in [0.29, 0.717) is 52.7 Å². The largest absolute Gasteiger partial charge is 0.496 e. The smallest absolute Gasteiger partial charge is 0.251 e. The molecule has 2 aromatic rings. The molecular weight excluding hydrogens is 651 g/mol. The minimum atomic E-state index is -0.929. The van der Waals surface area contributed by atoms with Crippen LogP contribution in [0.3, 0.4) is 0 Å². The fraction of sp³-hybridized carbons (Fsp3) is 0.650. The molecule has 0 radical (unpaired) electrons. The molecule has 11 heteroatoms. The fourth-order valence-electron chi connectivity index (χ4n) is 9.16. The first-order chi connectivity index (χ1) is 24.0. The van der Waals surface area contributed by atoms with Crippen molar-refractivity contribution in [3.8, 4) is 16.9 Å². The van der Waals surface area contributed by atoms with Gasteiger partial charge in [0.05, 0.1) is 26.4 Å². The second kappa shape index (κ2) is 15.9. The van der Waals surface area contributed by atoms with E-state index in [1.54, 1.807) is 19.1 Å². The van der Waals surface area contributed by atoms with E-state index in [9.17, 15) is 19.8 Å². The summed E-state index contributed by atoms with van der Waals surface area (Å²) in [5.74, 6) is 0.382. The van der Waals surface area contributed by atoms with Gasteiger partial charge in [0.15, 0.2) is 0 Å². The molecule has 4 fully saturated rings. The summed E-state index contributed by atoms with van der Waals surface area (Å²) in [7, 11) is 5.43. The lowest BCUT2D eigenvalue weighted by Crippen LogP contribution is -2.62. The molecule has 51 heavy (non-hydrogen) atoms. The number of rotatable bonds is 14. The number of hydrogen-bond donors (Lipinski definition) is 4. The van der Waals surface area contributed by atoms with Crippen molar-refractivity contribution in [2.75, 3.05) is 34.4 Å². The lowest BCUT2D eigenvalue weighted by atomic mass is 9.45. The monoisotopic (exact) mass is 710 g/mol. The molecule has 282 valence electrons. The summed E-state index contributed by atoms with van der Waals surface area (Å²) in [6.45, 7) is 13.1. The number of likely N-dealkylation sites (N-methyl/N-ethyl adjacent to an activating group) is 1. The number of hydrogen-bond acceptors (Lipinski definition) is 8. The van der Waals surface area contributed by atoms with Crippen molar-refractivity contribution in [2.24, 2.45) is 35.0 Å². The zero-order valence-electron chi connectivity index (χ0n) is 31.8. The number of aliphatic hydroxyl groups is 2. The van der Waals surface area contributed by atoms with Crippen molar-refractivity contribution in [1.82, 2.24) is 20.6 Å². The number of nitrogens with one attached hydrogen (secondary N) is 2. The van der Waals surface area contributed by atoms with Crippen molar-refractivity contribution in [3.05, 3.63) is 53.3 Å². The Balaban J connectivity index is 1.41. The first kappa shape index (κ1) is 39.1. The first-order valence-corrected chi connectivity index (χ1v) is 18.5. The van der Waals surface area contributed by atoms with Crippen molar-refractivity contribution in [2.45, 2.75) is 97.7 Å². The lowest BCUT2D eigenvalue weighted by molar-refractivity contribution is -0.183. The quantitative estimate of drug-likeness (QED) is 0.219. The van der Waals surface area contributed by atoms with E-state index >= 15 is 4.39 Å². The van der Waals surface area contributed by atoms with Crippen molar-refractivity contribution < 1.29 is 33.8 Å². The van der Waals surface area contributed by atoms with E-state index in [1.807, 2.05) is 31.1 Å². The molecule has 2 amide bonds. The van der Waals surface area contributed by atoms with Gasteiger partial charge in [-0.3, -0.25) is 14.4 Å². The summed E-state index contributed by atoms with van der Waals surface area (Å²) in [6.07, 6.45) is 1.16. The molecule has 4 N–H and O–H groups in total. The van der Waals surface area contributed by atoms with E-state index in [2.05, 4.69) is 45.3 Å². The molecule has 6 rings (SSSR count). The number of aliphatic hydroxyl groups excluding tert-OH is 2. The maximum absolute atomic E-state index is 15.2. The number of carbonyl (C=O) groups is 2. The Hall–Kier alpha value is -3.09. The van der Waals surface area contributed by atoms with Crippen molar-refractivity contribution in [1.29, 1.82) is 0 Å². The van der Waals surface area contributed by atoms with Gasteiger partial charge in [-0.15, -0.1) is 0 Å². The molecule has 1 aliphatic heterocycles. The summed E-state index contributed by atoms with van der Waals surface area (Å²) < 4.78 is 21.1. The molecule has 0 spiro atoms. The average Bonchev–Trinajstić information content (AvgIpc) is 3.43. The van der Waals surface area contributed by atoms with Gasteiger partial charge in [0, 0.05) is 41.2 Å². The standard InChI is InChI=1S/C40H59FN4O6/c1-22(2)13-30(20-44(7)8)42-38(48)27-14-26(15-29(41)16-27)31-12-10-11-25(37(31)50-9)19-45-36(35(24(4)47)34(21-46)51-45)39(49)43-33-18-28-17-32(23(33)3)40(28,5)6/h10-12,14-16,22-24,28,30,32-36,46-47H,13,17-21H2,1-9H3,(H,42,48)(H,43,49)/t23-,24-,28+,30-,32-,33-,34-,35+,36-/m0/s1. The van der Waals surface area contributed by atoms with Gasteiger partial charge in [0.2, 0.25) is 5.91 Å². The Bertz CT molecular complexity index is 1540. The molecule has 3 aliphatic carbocycles. The van der Waals surface area contributed by atoms with Gasteiger partial charge >= 0.3 is 0 Å². The molecule has 10 nitrogen and oxygen atoms in total. The van der Waals surface area contributed by atoms with E-state index in [4.69, 9.17) is 9.57 Å². The zero-order valence-corrected chi connectivity index (χ0v) is 31.8. The van der Waals surface area contributed by atoms with Crippen LogP contribution in [0.1, 0.15) is 76.7 Å². The maximum atomic E-state index is 15.2. The highest BCUT2D eigenvalue weighted by Crippen LogP contribution is 2.61. The highest BCUT2D eigenvalue weighted by atomic mass is 19.1. The average molecular weight is 711 g/mol. The number of carbonyl (C=O) groups excluding carboxylic acids is 2. The second-order valence-electron chi connectivity index (χ2n) is 16.5. The van der Waals surface area contributed by atoms with Crippen molar-refractivity contribution in [3.63, 3.8) is 0 Å². The van der Waals surface area contributed by atoms with Gasteiger partial charge in [-0.2, -0.15) is 5.06 Å². The van der Waals surface area contributed by atoms with Gasteiger partial charge in [-0.25, -0.2) is 4.39 Å². The van der Waals surface area contributed by atoms with Crippen LogP contribution < -0.4 is 15.4 Å². The van der Waals surface area contributed by atoms with Gasteiger partial charge in [-0.1, -0.05) is 52.8 Å². The number of para-hydroxylation sites is 1. The topological polar surface area (TPSA) is 124 Å².